The van der Waals surface area contributed by atoms with Gasteiger partial charge >= 0.3 is 0 Å². The van der Waals surface area contributed by atoms with Crippen molar-refractivity contribution in [3.8, 4) is 11.5 Å². The smallest absolute Gasteiger partial charge is 0.258 e. The third-order valence-electron chi connectivity index (χ3n) is 4.27. The van der Waals surface area contributed by atoms with Gasteiger partial charge in [-0.05, 0) is 24.3 Å². The van der Waals surface area contributed by atoms with Gasteiger partial charge in [0.05, 0.1) is 30.7 Å². The van der Waals surface area contributed by atoms with E-state index in [1.54, 1.807) is 19.2 Å². The second-order valence-electron chi connectivity index (χ2n) is 6.81. The van der Waals surface area contributed by atoms with Crippen LogP contribution >= 0.6 is 0 Å². The van der Waals surface area contributed by atoms with Gasteiger partial charge in [-0.25, -0.2) is 4.98 Å². The number of ether oxygens (including phenoxy) is 2. The molecule has 1 heterocycles. The van der Waals surface area contributed by atoms with Gasteiger partial charge in [0.25, 0.3) is 5.56 Å². The monoisotopic (exact) mass is 303 g/mol. The number of nitrogens with one attached hydrogen (secondary N) is 1. The molecule has 1 aliphatic rings. The maximum atomic E-state index is 12.4. The lowest BCUT2D eigenvalue weighted by Crippen LogP contribution is -2.54. The van der Waals surface area contributed by atoms with E-state index in [1.165, 1.54) is 7.11 Å². The van der Waals surface area contributed by atoms with E-state index in [0.29, 0.717) is 28.2 Å². The van der Waals surface area contributed by atoms with Crippen molar-refractivity contribution in [3.63, 3.8) is 0 Å². The summed E-state index contributed by atoms with van der Waals surface area (Å²) in [5.74, 6) is 1.58. The van der Waals surface area contributed by atoms with Crippen LogP contribution in [0.5, 0.6) is 11.5 Å². The van der Waals surface area contributed by atoms with E-state index in [4.69, 9.17) is 15.2 Å². The molecular weight excluding hydrogens is 282 g/mol. The van der Waals surface area contributed by atoms with E-state index in [1.807, 2.05) is 0 Å². The summed E-state index contributed by atoms with van der Waals surface area (Å²) in [6.07, 6.45) is 1.59. The van der Waals surface area contributed by atoms with Crippen LogP contribution in [0.1, 0.15) is 32.5 Å². The number of benzene rings is 1. The van der Waals surface area contributed by atoms with E-state index < -0.39 is 5.54 Å². The average Bonchev–Trinajstić information content (AvgIpc) is 2.43. The van der Waals surface area contributed by atoms with Crippen LogP contribution in [0.2, 0.25) is 0 Å². The van der Waals surface area contributed by atoms with Crippen molar-refractivity contribution in [1.82, 2.24) is 9.97 Å². The van der Waals surface area contributed by atoms with Crippen molar-refractivity contribution in [3.05, 3.63) is 28.3 Å². The number of nitrogens with zero attached hydrogens (tertiary/aromatic N) is 1. The van der Waals surface area contributed by atoms with Crippen molar-refractivity contribution >= 4 is 10.9 Å². The van der Waals surface area contributed by atoms with Crippen LogP contribution in [-0.2, 0) is 5.54 Å². The lowest BCUT2D eigenvalue weighted by molar-refractivity contribution is 0.0549. The fourth-order valence-electron chi connectivity index (χ4n) is 3.53. The zero-order chi connectivity index (χ0) is 16.1. The third-order valence-corrected chi connectivity index (χ3v) is 4.27. The van der Waals surface area contributed by atoms with Gasteiger partial charge in [0.2, 0.25) is 0 Å². The Balaban J connectivity index is 2.15. The first-order valence-electron chi connectivity index (χ1n) is 7.23. The van der Waals surface area contributed by atoms with Gasteiger partial charge in [0, 0.05) is 6.07 Å². The summed E-state index contributed by atoms with van der Waals surface area (Å²) in [4.78, 5) is 19.8. The number of methoxy groups -OCH3 is 2. The fraction of sp³-hybridized carbons (Fsp3) is 0.500. The van der Waals surface area contributed by atoms with E-state index in [9.17, 15) is 4.79 Å². The zero-order valence-corrected chi connectivity index (χ0v) is 13.3. The number of rotatable bonds is 3. The molecule has 3 N–H and O–H groups in total. The van der Waals surface area contributed by atoms with Gasteiger partial charge in [-0.15, -0.1) is 0 Å². The second-order valence-corrected chi connectivity index (χ2v) is 6.81. The predicted octanol–water partition coefficient (Wildman–Crippen LogP) is 1.91. The molecular formula is C16H21N3O3. The molecule has 1 aliphatic carbocycles. The Labute approximate surface area is 128 Å². The highest BCUT2D eigenvalue weighted by atomic mass is 16.5. The van der Waals surface area contributed by atoms with Crippen LogP contribution in [0, 0.1) is 5.41 Å². The first-order valence-corrected chi connectivity index (χ1v) is 7.23. The Hall–Kier alpha value is -2.08. The highest BCUT2D eigenvalue weighted by Gasteiger charge is 2.49. The number of nitrogens with two attached hydrogens (primary N) is 1. The quantitative estimate of drug-likeness (QED) is 0.904. The molecule has 6 nitrogen and oxygen atoms in total. The molecule has 0 spiro atoms. The summed E-state index contributed by atoms with van der Waals surface area (Å²) in [5.41, 5.74) is 6.36. The number of aromatic amines is 1. The lowest BCUT2D eigenvalue weighted by Gasteiger charge is -2.50. The van der Waals surface area contributed by atoms with Gasteiger partial charge in [-0.1, -0.05) is 13.8 Å². The molecule has 22 heavy (non-hydrogen) atoms. The molecule has 3 rings (SSSR count). The number of H-pyrrole nitrogens is 1. The van der Waals surface area contributed by atoms with Crippen molar-refractivity contribution in [2.45, 2.75) is 32.2 Å². The van der Waals surface area contributed by atoms with Crippen LogP contribution in [0.3, 0.4) is 0 Å². The van der Waals surface area contributed by atoms with Crippen LogP contribution in [-0.4, -0.2) is 24.2 Å². The normalized spacial score (nSPS) is 18.8. The Morgan fingerprint density at radius 2 is 1.77 bits per heavy atom. The van der Waals surface area contributed by atoms with Crippen LogP contribution in [0.4, 0.5) is 0 Å². The van der Waals surface area contributed by atoms with Crippen LogP contribution < -0.4 is 20.8 Å². The molecule has 0 radical (unpaired) electrons. The summed E-state index contributed by atoms with van der Waals surface area (Å²) in [7, 11) is 3.08. The molecule has 0 unspecified atom stereocenters. The van der Waals surface area contributed by atoms with Crippen molar-refractivity contribution in [2.24, 2.45) is 11.1 Å². The number of hydrogen-bond acceptors (Lipinski definition) is 5. The highest BCUT2D eigenvalue weighted by molar-refractivity contribution is 5.81. The molecule has 1 aromatic heterocycles. The molecule has 118 valence electrons. The van der Waals surface area contributed by atoms with Crippen LogP contribution in [0.25, 0.3) is 10.9 Å². The fourth-order valence-corrected chi connectivity index (χ4v) is 3.53. The largest absolute Gasteiger partial charge is 0.493 e. The van der Waals surface area contributed by atoms with E-state index in [2.05, 4.69) is 23.8 Å². The molecule has 1 fully saturated rings. The summed E-state index contributed by atoms with van der Waals surface area (Å²) in [5, 5.41) is 0.462. The van der Waals surface area contributed by atoms with Crippen molar-refractivity contribution in [1.29, 1.82) is 0 Å². The Bertz CT molecular complexity index is 787. The second kappa shape index (κ2) is 4.71. The first-order chi connectivity index (χ1) is 10.3. The van der Waals surface area contributed by atoms with E-state index in [0.717, 1.165) is 12.8 Å². The minimum Gasteiger partial charge on any atom is -0.493 e. The first kappa shape index (κ1) is 14.8. The van der Waals surface area contributed by atoms with Gasteiger partial charge in [-0.3, -0.25) is 4.79 Å². The summed E-state index contributed by atoms with van der Waals surface area (Å²) >= 11 is 0. The van der Waals surface area contributed by atoms with Gasteiger partial charge in [-0.2, -0.15) is 0 Å². The minimum absolute atomic E-state index is 0.180. The number of hydrogen-bond donors (Lipinski definition) is 2. The maximum absolute atomic E-state index is 12.4. The lowest BCUT2D eigenvalue weighted by atomic mass is 9.59. The average molecular weight is 303 g/mol. The number of aromatic nitrogens is 2. The molecule has 2 aromatic rings. The molecule has 1 aromatic carbocycles. The van der Waals surface area contributed by atoms with Gasteiger partial charge < -0.3 is 20.2 Å². The van der Waals surface area contributed by atoms with E-state index >= 15 is 0 Å². The summed E-state index contributed by atoms with van der Waals surface area (Å²) < 4.78 is 10.5. The van der Waals surface area contributed by atoms with Gasteiger partial charge in [0.1, 0.15) is 5.82 Å². The minimum atomic E-state index is -0.565. The summed E-state index contributed by atoms with van der Waals surface area (Å²) in [6, 6.07) is 3.34. The van der Waals surface area contributed by atoms with Crippen LogP contribution in [0.15, 0.2) is 16.9 Å². The molecule has 0 bridgehead atoms. The molecule has 6 heteroatoms. The molecule has 1 saturated carbocycles. The Morgan fingerprint density at radius 1 is 1.18 bits per heavy atom. The highest BCUT2D eigenvalue weighted by Crippen LogP contribution is 2.50. The zero-order valence-electron chi connectivity index (χ0n) is 13.3. The SMILES string of the molecule is COc1cc2nc(C3(N)CC(C)(C)C3)[nH]c(=O)c2cc1OC. The maximum Gasteiger partial charge on any atom is 0.258 e. The predicted molar refractivity (Wildman–Crippen MR) is 84.3 cm³/mol. The third kappa shape index (κ3) is 2.23. The molecule has 0 saturated heterocycles. The Morgan fingerprint density at radius 3 is 2.32 bits per heavy atom. The summed E-state index contributed by atoms with van der Waals surface area (Å²) in [6.45, 7) is 4.32. The van der Waals surface area contributed by atoms with Gasteiger partial charge in [0.15, 0.2) is 11.5 Å². The number of fused-ring (bicyclic) bond motifs is 1. The Kier molecular flexibility index (Phi) is 3.18. The standard InChI is InChI=1S/C16H21N3O3/c1-15(2)7-16(17,8-15)14-18-10-6-12(22-4)11(21-3)5-9(10)13(20)19-14/h5-6H,7-8,17H2,1-4H3,(H,18,19,20). The molecule has 0 atom stereocenters. The van der Waals surface area contributed by atoms with Crippen molar-refractivity contribution < 1.29 is 9.47 Å². The molecule has 0 amide bonds. The van der Waals surface area contributed by atoms with Crippen molar-refractivity contribution in [2.75, 3.05) is 14.2 Å². The van der Waals surface area contributed by atoms with E-state index in [-0.39, 0.29) is 11.0 Å². The topological polar surface area (TPSA) is 90.2 Å². The molecule has 0 aliphatic heterocycles.